The predicted octanol–water partition coefficient (Wildman–Crippen LogP) is 2.66. The van der Waals surface area contributed by atoms with E-state index in [0.29, 0.717) is 17.6 Å². The number of benzene rings is 1. The van der Waals surface area contributed by atoms with Crippen LogP contribution >= 0.6 is 0 Å². The van der Waals surface area contributed by atoms with E-state index in [9.17, 15) is 8.78 Å². The molecular formula is C14H14F2N4. The van der Waals surface area contributed by atoms with Gasteiger partial charge in [0.2, 0.25) is 0 Å². The van der Waals surface area contributed by atoms with Gasteiger partial charge in [0.05, 0.1) is 35.3 Å². The average molecular weight is 276 g/mol. The van der Waals surface area contributed by atoms with E-state index in [1.165, 1.54) is 6.07 Å². The van der Waals surface area contributed by atoms with Crippen molar-refractivity contribution >= 4 is 11.0 Å². The number of halogens is 2. The quantitative estimate of drug-likeness (QED) is 0.737. The van der Waals surface area contributed by atoms with Crippen molar-refractivity contribution in [2.24, 2.45) is 7.05 Å². The maximum Gasteiger partial charge on any atom is 0.161 e. The summed E-state index contributed by atoms with van der Waals surface area (Å²) in [4.78, 5) is 4.10. The molecule has 20 heavy (non-hydrogen) atoms. The molecule has 3 aromatic rings. The first kappa shape index (κ1) is 12.8. The minimum Gasteiger partial charge on any atom is -0.324 e. The van der Waals surface area contributed by atoms with Crippen LogP contribution in [0.3, 0.4) is 0 Å². The molecule has 4 nitrogen and oxygen atoms in total. The molecule has 0 aliphatic rings. The fraction of sp³-hybridized carbons (Fsp3) is 0.286. The third-order valence-electron chi connectivity index (χ3n) is 3.39. The van der Waals surface area contributed by atoms with Crippen LogP contribution in [0, 0.1) is 11.6 Å². The van der Waals surface area contributed by atoms with Crippen molar-refractivity contribution in [1.82, 2.24) is 19.3 Å². The van der Waals surface area contributed by atoms with Gasteiger partial charge in [0.25, 0.3) is 0 Å². The first-order valence-electron chi connectivity index (χ1n) is 6.40. The van der Waals surface area contributed by atoms with Crippen molar-refractivity contribution in [2.75, 3.05) is 0 Å². The zero-order valence-electron chi connectivity index (χ0n) is 11.3. The molecule has 2 heterocycles. The van der Waals surface area contributed by atoms with Crippen LogP contribution in [0.5, 0.6) is 0 Å². The number of fused-ring (bicyclic) bond motifs is 1. The van der Waals surface area contributed by atoms with Crippen molar-refractivity contribution in [1.29, 1.82) is 0 Å². The Morgan fingerprint density at radius 1 is 1.15 bits per heavy atom. The molecule has 3 rings (SSSR count). The zero-order valence-corrected chi connectivity index (χ0v) is 11.3. The maximum atomic E-state index is 13.3. The second-order valence-corrected chi connectivity index (χ2v) is 4.73. The number of hydrogen-bond acceptors (Lipinski definition) is 2. The number of rotatable bonds is 3. The lowest BCUT2D eigenvalue weighted by molar-refractivity contribution is 0.510. The molecule has 0 saturated carbocycles. The van der Waals surface area contributed by atoms with E-state index in [2.05, 4.69) is 10.1 Å². The minimum absolute atomic E-state index is 0.446. The summed E-state index contributed by atoms with van der Waals surface area (Å²) < 4.78 is 30.1. The third-order valence-corrected chi connectivity index (χ3v) is 3.39. The van der Waals surface area contributed by atoms with Crippen LogP contribution in [0.15, 0.2) is 24.5 Å². The fourth-order valence-corrected chi connectivity index (χ4v) is 2.25. The van der Waals surface area contributed by atoms with E-state index >= 15 is 0 Å². The van der Waals surface area contributed by atoms with Crippen molar-refractivity contribution < 1.29 is 8.78 Å². The van der Waals surface area contributed by atoms with Gasteiger partial charge in [-0.15, -0.1) is 0 Å². The van der Waals surface area contributed by atoms with Crippen LogP contribution in [0.2, 0.25) is 0 Å². The molecule has 0 radical (unpaired) electrons. The predicted molar refractivity (Wildman–Crippen MR) is 71.3 cm³/mol. The Balaban J connectivity index is 2.02. The van der Waals surface area contributed by atoms with Gasteiger partial charge < -0.3 is 4.57 Å². The van der Waals surface area contributed by atoms with Gasteiger partial charge in [-0.05, 0) is 12.5 Å². The summed E-state index contributed by atoms with van der Waals surface area (Å²) in [5, 5.41) is 4.37. The summed E-state index contributed by atoms with van der Waals surface area (Å²) in [6.45, 7) is 2.56. The van der Waals surface area contributed by atoms with Gasteiger partial charge >= 0.3 is 0 Å². The molecule has 0 saturated heterocycles. The minimum atomic E-state index is -0.878. The highest BCUT2D eigenvalue weighted by molar-refractivity contribution is 5.75. The van der Waals surface area contributed by atoms with E-state index in [0.717, 1.165) is 23.9 Å². The number of aryl methyl sites for hydroxylation is 2. The Morgan fingerprint density at radius 2 is 1.90 bits per heavy atom. The highest BCUT2D eigenvalue weighted by atomic mass is 19.2. The summed E-state index contributed by atoms with van der Waals surface area (Å²) >= 11 is 0. The fourth-order valence-electron chi connectivity index (χ4n) is 2.25. The van der Waals surface area contributed by atoms with Crippen molar-refractivity contribution in [3.63, 3.8) is 0 Å². The molecule has 0 spiro atoms. The molecule has 0 aliphatic carbocycles. The summed E-state index contributed by atoms with van der Waals surface area (Å²) in [5.41, 5.74) is 3.01. The molecule has 0 bridgehead atoms. The van der Waals surface area contributed by atoms with E-state index in [-0.39, 0.29) is 0 Å². The van der Waals surface area contributed by atoms with Crippen LogP contribution in [0.25, 0.3) is 11.0 Å². The average Bonchev–Trinajstić information content (AvgIpc) is 2.96. The highest BCUT2D eigenvalue weighted by Gasteiger charge is 2.11. The lowest BCUT2D eigenvalue weighted by Gasteiger charge is -2.05. The van der Waals surface area contributed by atoms with Crippen LogP contribution in [-0.4, -0.2) is 19.3 Å². The van der Waals surface area contributed by atoms with Gasteiger partial charge in [-0.3, -0.25) is 4.68 Å². The normalized spacial score (nSPS) is 11.4. The molecule has 0 unspecified atom stereocenters. The molecule has 2 aromatic heterocycles. The molecule has 0 amide bonds. The van der Waals surface area contributed by atoms with Crippen LogP contribution in [-0.2, 0) is 20.0 Å². The molecule has 1 aromatic carbocycles. The molecule has 6 heteroatoms. The molecule has 0 N–H and O–H groups in total. The van der Waals surface area contributed by atoms with E-state index < -0.39 is 11.6 Å². The number of imidazole rings is 1. The Kier molecular flexibility index (Phi) is 3.00. The first-order chi connectivity index (χ1) is 9.58. The lowest BCUT2D eigenvalue weighted by atomic mass is 10.2. The van der Waals surface area contributed by atoms with Crippen LogP contribution < -0.4 is 0 Å². The number of aromatic nitrogens is 4. The van der Waals surface area contributed by atoms with Crippen molar-refractivity contribution in [3.05, 3.63) is 47.5 Å². The maximum absolute atomic E-state index is 13.3. The molecule has 0 atom stereocenters. The van der Waals surface area contributed by atoms with Gasteiger partial charge in [-0.2, -0.15) is 5.10 Å². The topological polar surface area (TPSA) is 35.6 Å². The number of nitrogens with zero attached hydrogens (tertiary/aromatic N) is 4. The Hall–Kier alpha value is -2.24. The van der Waals surface area contributed by atoms with Crippen molar-refractivity contribution in [3.8, 4) is 0 Å². The van der Waals surface area contributed by atoms with Gasteiger partial charge in [0, 0.05) is 19.2 Å². The van der Waals surface area contributed by atoms with Crippen molar-refractivity contribution in [2.45, 2.75) is 19.9 Å². The second-order valence-electron chi connectivity index (χ2n) is 4.73. The summed E-state index contributed by atoms with van der Waals surface area (Å²) in [6, 6.07) is 4.29. The highest BCUT2D eigenvalue weighted by Crippen LogP contribution is 2.18. The molecule has 0 fully saturated rings. The summed E-state index contributed by atoms with van der Waals surface area (Å²) in [6.07, 6.45) is 2.44. The monoisotopic (exact) mass is 276 g/mol. The molecule has 104 valence electrons. The SMILES string of the molecule is CCc1cc(Cn2cnc3cc(F)c(F)cc32)n(C)n1. The lowest BCUT2D eigenvalue weighted by Crippen LogP contribution is -2.04. The molecule has 0 aliphatic heterocycles. The Labute approximate surface area is 114 Å². The Morgan fingerprint density at radius 3 is 2.60 bits per heavy atom. The van der Waals surface area contributed by atoms with Gasteiger partial charge in [-0.1, -0.05) is 6.92 Å². The van der Waals surface area contributed by atoms with E-state index in [1.54, 1.807) is 15.6 Å². The zero-order chi connectivity index (χ0) is 14.3. The molecular weight excluding hydrogens is 262 g/mol. The van der Waals surface area contributed by atoms with Gasteiger partial charge in [0.15, 0.2) is 11.6 Å². The second kappa shape index (κ2) is 4.70. The van der Waals surface area contributed by atoms with E-state index in [4.69, 9.17) is 0 Å². The first-order valence-corrected chi connectivity index (χ1v) is 6.40. The summed E-state index contributed by atoms with van der Waals surface area (Å²) in [7, 11) is 1.87. The smallest absolute Gasteiger partial charge is 0.161 e. The van der Waals surface area contributed by atoms with E-state index in [1.807, 2.05) is 20.0 Å². The van der Waals surface area contributed by atoms with Gasteiger partial charge in [0.1, 0.15) is 0 Å². The Bertz CT molecular complexity index is 773. The largest absolute Gasteiger partial charge is 0.324 e. The number of hydrogen-bond donors (Lipinski definition) is 0. The standard InChI is InChI=1S/C14H14F2N4/c1-3-9-4-10(19(2)18-9)7-20-8-17-13-5-11(15)12(16)6-14(13)20/h4-6,8H,3,7H2,1-2H3. The van der Waals surface area contributed by atoms with Gasteiger partial charge in [-0.25, -0.2) is 13.8 Å². The van der Waals surface area contributed by atoms with Crippen LogP contribution in [0.1, 0.15) is 18.3 Å². The summed E-state index contributed by atoms with van der Waals surface area (Å²) in [5.74, 6) is -1.74. The van der Waals surface area contributed by atoms with Crippen LogP contribution in [0.4, 0.5) is 8.78 Å². The third kappa shape index (κ3) is 2.07.